The molecule has 1 fully saturated rings. The number of nitrogens with two attached hydrogens (primary N) is 1. The molecule has 1 saturated heterocycles. The van der Waals surface area contributed by atoms with Gasteiger partial charge < -0.3 is 25.4 Å². The summed E-state index contributed by atoms with van der Waals surface area (Å²) in [5, 5.41) is 20.5. The second kappa shape index (κ2) is 5.49. The van der Waals surface area contributed by atoms with E-state index < -0.39 is 29.7 Å². The summed E-state index contributed by atoms with van der Waals surface area (Å²) in [6.07, 6.45) is -1.58. The minimum absolute atomic E-state index is 0.0790. The highest BCUT2D eigenvalue weighted by molar-refractivity contribution is 5.23. The molecule has 1 aliphatic heterocycles. The van der Waals surface area contributed by atoms with Crippen molar-refractivity contribution in [3.63, 3.8) is 0 Å². The summed E-state index contributed by atoms with van der Waals surface area (Å²) in [5.74, 6) is 0.0790. The van der Waals surface area contributed by atoms with Crippen molar-refractivity contribution >= 4 is 5.82 Å². The highest BCUT2D eigenvalue weighted by Crippen LogP contribution is 2.37. The number of anilines is 1. The predicted molar refractivity (Wildman–Crippen MR) is 69.9 cm³/mol. The number of hydrogen-bond donors (Lipinski definition) is 3. The largest absolute Gasteiger partial charge is 0.387 e. The molecule has 0 bridgehead atoms. The molecule has 2 rings (SSSR count). The molecule has 8 heteroatoms. The van der Waals surface area contributed by atoms with Crippen molar-refractivity contribution in [1.82, 2.24) is 9.55 Å². The van der Waals surface area contributed by atoms with Crippen LogP contribution in [0.5, 0.6) is 0 Å². The summed E-state index contributed by atoms with van der Waals surface area (Å²) in [4.78, 5) is 15.4. The zero-order chi connectivity index (χ0) is 14.9. The average Bonchev–Trinajstić information content (AvgIpc) is 2.60. The maximum atomic E-state index is 11.8. The molecule has 0 radical (unpaired) electrons. The van der Waals surface area contributed by atoms with Crippen LogP contribution in [0.25, 0.3) is 0 Å². The fourth-order valence-electron chi connectivity index (χ4n) is 2.22. The Morgan fingerprint density at radius 1 is 1.65 bits per heavy atom. The molecule has 0 unspecified atom stereocenters. The first-order valence-electron chi connectivity index (χ1n) is 6.36. The van der Waals surface area contributed by atoms with Crippen LogP contribution in [-0.2, 0) is 9.47 Å². The number of hydrogen-bond acceptors (Lipinski definition) is 7. The molecule has 20 heavy (non-hydrogen) atoms. The van der Waals surface area contributed by atoms with Crippen molar-refractivity contribution in [2.45, 2.75) is 37.9 Å². The average molecular weight is 285 g/mol. The van der Waals surface area contributed by atoms with Crippen molar-refractivity contribution < 1.29 is 19.7 Å². The van der Waals surface area contributed by atoms with Gasteiger partial charge in [-0.15, -0.1) is 0 Å². The zero-order valence-corrected chi connectivity index (χ0v) is 11.4. The Morgan fingerprint density at radius 2 is 2.35 bits per heavy atom. The SMILES string of the molecule is CCOC[C@H]1O[C@@H](n2ccc(N)nc2=O)[C@](C)(O)[C@@H]1O. The van der Waals surface area contributed by atoms with Crippen LogP contribution in [0, 0.1) is 0 Å². The van der Waals surface area contributed by atoms with Gasteiger partial charge in [0.2, 0.25) is 0 Å². The maximum absolute atomic E-state index is 11.8. The summed E-state index contributed by atoms with van der Waals surface area (Å²) in [6.45, 7) is 3.80. The predicted octanol–water partition coefficient (Wildman–Crippen LogP) is -1.13. The Morgan fingerprint density at radius 3 is 2.95 bits per heavy atom. The minimum Gasteiger partial charge on any atom is -0.387 e. The standard InChI is InChI=1S/C12H19N3O5/c1-3-19-6-7-9(16)12(2,18)10(20-7)15-5-4-8(13)14-11(15)17/h4-5,7,9-10,16,18H,3,6H2,1-2H3,(H2,13,14,17)/t7-,9-,10-,12-/m1/s1. The quantitative estimate of drug-likeness (QED) is 0.640. The second-order valence-corrected chi connectivity index (χ2v) is 4.90. The van der Waals surface area contributed by atoms with Crippen LogP contribution in [-0.4, -0.2) is 50.8 Å². The zero-order valence-electron chi connectivity index (χ0n) is 11.4. The highest BCUT2D eigenvalue weighted by atomic mass is 16.6. The smallest absolute Gasteiger partial charge is 0.351 e. The van der Waals surface area contributed by atoms with Crippen molar-refractivity contribution in [3.05, 3.63) is 22.7 Å². The van der Waals surface area contributed by atoms with Gasteiger partial charge in [-0.1, -0.05) is 0 Å². The van der Waals surface area contributed by atoms with E-state index in [2.05, 4.69) is 4.98 Å². The van der Waals surface area contributed by atoms with E-state index in [-0.39, 0.29) is 12.4 Å². The van der Waals surface area contributed by atoms with E-state index in [0.717, 1.165) is 4.57 Å². The van der Waals surface area contributed by atoms with E-state index in [9.17, 15) is 15.0 Å². The molecular weight excluding hydrogens is 266 g/mol. The van der Waals surface area contributed by atoms with E-state index in [1.54, 1.807) is 0 Å². The molecule has 2 heterocycles. The summed E-state index contributed by atoms with van der Waals surface area (Å²) in [5.41, 5.74) is 3.13. The maximum Gasteiger partial charge on any atom is 0.351 e. The molecule has 0 aromatic carbocycles. The van der Waals surface area contributed by atoms with Gasteiger partial charge in [0.15, 0.2) is 6.23 Å². The van der Waals surface area contributed by atoms with Gasteiger partial charge in [-0.3, -0.25) is 4.57 Å². The number of aliphatic hydroxyl groups is 2. The third-order valence-corrected chi connectivity index (χ3v) is 3.35. The minimum atomic E-state index is -1.64. The van der Waals surface area contributed by atoms with E-state index in [1.165, 1.54) is 19.2 Å². The Labute approximate surface area is 115 Å². The Kier molecular flexibility index (Phi) is 4.09. The van der Waals surface area contributed by atoms with Crippen LogP contribution in [0.4, 0.5) is 5.82 Å². The molecule has 4 N–H and O–H groups in total. The lowest BCUT2D eigenvalue weighted by atomic mass is 9.96. The molecule has 112 valence electrons. The summed E-state index contributed by atoms with van der Waals surface area (Å²) in [7, 11) is 0. The van der Waals surface area contributed by atoms with Gasteiger partial charge in [0.25, 0.3) is 0 Å². The number of ether oxygens (including phenoxy) is 2. The van der Waals surface area contributed by atoms with Crippen LogP contribution in [0.15, 0.2) is 17.1 Å². The number of aromatic nitrogens is 2. The van der Waals surface area contributed by atoms with Crippen LogP contribution < -0.4 is 11.4 Å². The van der Waals surface area contributed by atoms with Gasteiger partial charge in [0.1, 0.15) is 23.6 Å². The van der Waals surface area contributed by atoms with Gasteiger partial charge >= 0.3 is 5.69 Å². The van der Waals surface area contributed by atoms with Crippen molar-refractivity contribution in [3.8, 4) is 0 Å². The molecular formula is C12H19N3O5. The van der Waals surface area contributed by atoms with E-state index in [4.69, 9.17) is 15.2 Å². The fourth-order valence-corrected chi connectivity index (χ4v) is 2.22. The first-order valence-corrected chi connectivity index (χ1v) is 6.36. The summed E-state index contributed by atoms with van der Waals surface area (Å²) in [6, 6.07) is 1.42. The van der Waals surface area contributed by atoms with E-state index in [0.29, 0.717) is 6.61 Å². The lowest BCUT2D eigenvalue weighted by Crippen LogP contribution is -2.46. The van der Waals surface area contributed by atoms with Crippen molar-refractivity contribution in [2.24, 2.45) is 0 Å². The molecule has 1 aromatic rings. The van der Waals surface area contributed by atoms with Crippen LogP contribution in [0.3, 0.4) is 0 Å². The Balaban J connectivity index is 2.29. The lowest BCUT2D eigenvalue weighted by Gasteiger charge is -2.27. The monoisotopic (exact) mass is 285 g/mol. The molecule has 0 aliphatic carbocycles. The molecule has 1 aliphatic rings. The number of nitrogen functional groups attached to an aromatic ring is 1. The van der Waals surface area contributed by atoms with Crippen molar-refractivity contribution in [1.29, 1.82) is 0 Å². The molecule has 0 amide bonds. The first-order chi connectivity index (χ1) is 9.37. The van der Waals surface area contributed by atoms with Crippen LogP contribution in [0.1, 0.15) is 20.1 Å². The van der Waals surface area contributed by atoms with E-state index in [1.807, 2.05) is 6.92 Å². The molecule has 0 saturated carbocycles. The Hall–Kier alpha value is -1.48. The third kappa shape index (κ3) is 2.55. The fraction of sp³-hybridized carbons (Fsp3) is 0.667. The van der Waals surface area contributed by atoms with Gasteiger partial charge in [0, 0.05) is 12.8 Å². The van der Waals surface area contributed by atoms with Gasteiger partial charge in [-0.25, -0.2) is 4.79 Å². The Bertz CT molecular complexity index is 530. The number of rotatable bonds is 4. The molecule has 0 spiro atoms. The number of nitrogens with zero attached hydrogens (tertiary/aromatic N) is 2. The first kappa shape index (κ1) is 14.9. The van der Waals surface area contributed by atoms with Crippen LogP contribution in [0.2, 0.25) is 0 Å². The highest BCUT2D eigenvalue weighted by Gasteiger charge is 2.53. The second-order valence-electron chi connectivity index (χ2n) is 4.90. The summed E-state index contributed by atoms with van der Waals surface area (Å²) < 4.78 is 11.9. The molecule has 1 aromatic heterocycles. The normalized spacial score (nSPS) is 33.5. The third-order valence-electron chi connectivity index (χ3n) is 3.35. The topological polar surface area (TPSA) is 120 Å². The van der Waals surface area contributed by atoms with Gasteiger partial charge in [-0.2, -0.15) is 4.98 Å². The lowest BCUT2D eigenvalue weighted by molar-refractivity contribution is -0.0998. The van der Waals surface area contributed by atoms with Crippen molar-refractivity contribution in [2.75, 3.05) is 18.9 Å². The molecule has 4 atom stereocenters. The van der Waals surface area contributed by atoms with Gasteiger partial charge in [-0.05, 0) is 19.9 Å². The summed E-state index contributed by atoms with van der Waals surface area (Å²) >= 11 is 0. The van der Waals surface area contributed by atoms with Crippen LogP contribution >= 0.6 is 0 Å². The van der Waals surface area contributed by atoms with Gasteiger partial charge in [0.05, 0.1) is 6.61 Å². The number of aliphatic hydroxyl groups excluding tert-OH is 1. The molecule has 8 nitrogen and oxygen atoms in total. The van der Waals surface area contributed by atoms with E-state index >= 15 is 0 Å².